The maximum atomic E-state index is 6.20. The van der Waals surface area contributed by atoms with Crippen LogP contribution in [0.15, 0.2) is 192 Å². The van der Waals surface area contributed by atoms with Gasteiger partial charge in [0.1, 0.15) is 11.2 Å². The number of hydrogen-bond donors (Lipinski definition) is 0. The van der Waals surface area contributed by atoms with Crippen molar-refractivity contribution in [2.45, 2.75) is 0 Å². The quantitative estimate of drug-likeness (QED) is 0.175. The molecule has 0 atom stereocenters. The number of rotatable bonds is 6. The lowest BCUT2D eigenvalue weighted by Crippen LogP contribution is -2.09. The molecular weight excluding hydrogens is 639 g/mol. The number of furan rings is 1. The molecule has 8 aromatic carbocycles. The molecule has 0 N–H and O–H groups in total. The van der Waals surface area contributed by atoms with Gasteiger partial charge in [-0.1, -0.05) is 121 Å². The molecule has 2 heterocycles. The van der Waals surface area contributed by atoms with Gasteiger partial charge in [-0.05, 0) is 100 Å². The number of hydrogen-bond acceptors (Lipinski definition) is 3. The predicted molar refractivity (Wildman–Crippen MR) is 218 cm³/mol. The first-order valence-electron chi connectivity index (χ1n) is 17.2. The summed E-state index contributed by atoms with van der Waals surface area (Å²) in [5, 5.41) is 4.86. The van der Waals surface area contributed by atoms with E-state index in [0.717, 1.165) is 39.0 Å². The van der Waals surface area contributed by atoms with Gasteiger partial charge in [0.05, 0.1) is 0 Å². The molecule has 10 rings (SSSR count). The van der Waals surface area contributed by atoms with Gasteiger partial charge < -0.3 is 9.32 Å². The molecule has 2 aromatic heterocycles. The minimum Gasteiger partial charge on any atom is -0.456 e. The van der Waals surface area contributed by atoms with Gasteiger partial charge in [-0.2, -0.15) is 0 Å². The normalized spacial score (nSPS) is 11.5. The van der Waals surface area contributed by atoms with Gasteiger partial charge in [0.15, 0.2) is 0 Å². The maximum Gasteiger partial charge on any atom is 0.135 e. The lowest BCUT2D eigenvalue weighted by Gasteiger charge is -2.26. The van der Waals surface area contributed by atoms with Crippen molar-refractivity contribution >= 4 is 70.5 Å². The molecule has 51 heavy (non-hydrogen) atoms. The van der Waals surface area contributed by atoms with Crippen molar-refractivity contribution in [3.8, 4) is 33.4 Å². The summed E-state index contributed by atoms with van der Waals surface area (Å²) in [5.41, 5.74) is 12.3. The second kappa shape index (κ2) is 12.2. The summed E-state index contributed by atoms with van der Waals surface area (Å²) in [5.74, 6) is 0. The van der Waals surface area contributed by atoms with Crippen molar-refractivity contribution in [3.63, 3.8) is 0 Å². The number of fused-ring (bicyclic) bond motifs is 6. The third-order valence-electron chi connectivity index (χ3n) is 9.90. The van der Waals surface area contributed by atoms with E-state index < -0.39 is 0 Å². The molecule has 0 aliphatic rings. The van der Waals surface area contributed by atoms with E-state index in [9.17, 15) is 0 Å². The van der Waals surface area contributed by atoms with E-state index in [4.69, 9.17) is 4.42 Å². The van der Waals surface area contributed by atoms with Crippen molar-refractivity contribution in [2.75, 3.05) is 4.90 Å². The van der Waals surface area contributed by atoms with Crippen LogP contribution in [0.2, 0.25) is 0 Å². The Labute approximate surface area is 300 Å². The molecular formula is C48H31NOS. The highest BCUT2D eigenvalue weighted by molar-refractivity contribution is 7.25. The second-order valence-electron chi connectivity index (χ2n) is 13.0. The lowest BCUT2D eigenvalue weighted by atomic mass is 10.00. The van der Waals surface area contributed by atoms with Gasteiger partial charge in [0.25, 0.3) is 0 Å². The van der Waals surface area contributed by atoms with E-state index >= 15 is 0 Å². The molecule has 0 saturated carbocycles. The van der Waals surface area contributed by atoms with Crippen LogP contribution in [0.25, 0.3) is 75.5 Å². The van der Waals surface area contributed by atoms with Crippen molar-refractivity contribution < 1.29 is 4.42 Å². The highest BCUT2D eigenvalue weighted by Crippen LogP contribution is 2.41. The zero-order valence-electron chi connectivity index (χ0n) is 27.7. The molecule has 0 aliphatic carbocycles. The smallest absolute Gasteiger partial charge is 0.135 e. The molecule has 0 aliphatic heterocycles. The highest BCUT2D eigenvalue weighted by atomic mass is 32.1. The molecule has 0 bridgehead atoms. The fraction of sp³-hybridized carbons (Fsp3) is 0. The van der Waals surface area contributed by atoms with E-state index in [1.165, 1.54) is 53.6 Å². The third kappa shape index (κ3) is 5.27. The Bertz CT molecular complexity index is 2830. The van der Waals surface area contributed by atoms with Crippen molar-refractivity contribution in [1.82, 2.24) is 0 Å². The number of anilines is 3. The van der Waals surface area contributed by atoms with E-state index in [1.54, 1.807) is 0 Å². The lowest BCUT2D eigenvalue weighted by molar-refractivity contribution is 0.669. The van der Waals surface area contributed by atoms with Crippen molar-refractivity contribution in [2.24, 2.45) is 0 Å². The predicted octanol–water partition coefficient (Wildman–Crippen LogP) is 14.4. The van der Waals surface area contributed by atoms with E-state index in [2.05, 4.69) is 181 Å². The van der Waals surface area contributed by atoms with Crippen LogP contribution < -0.4 is 4.90 Å². The summed E-state index contributed by atoms with van der Waals surface area (Å²) in [7, 11) is 0. The maximum absolute atomic E-state index is 6.20. The standard InChI is InChI=1S/C48H31NOS/c1-2-8-32(9-3-1)33-14-16-34(17-15-33)35-18-23-38(24-19-35)49(40-27-28-46-43(31-40)41-10-4-6-12-45(41)50-46)39-25-20-36(21-26-39)37-22-29-48-44(30-37)42-11-5-7-13-47(42)51-48/h1-31H. The van der Waals surface area contributed by atoms with Crippen LogP contribution in [-0.4, -0.2) is 0 Å². The van der Waals surface area contributed by atoms with Crippen molar-refractivity contribution in [1.29, 1.82) is 0 Å². The first kappa shape index (κ1) is 29.5. The summed E-state index contributed by atoms with van der Waals surface area (Å²) < 4.78 is 8.85. The molecule has 0 radical (unpaired) electrons. The Hall–Kier alpha value is -6.42. The highest BCUT2D eigenvalue weighted by Gasteiger charge is 2.16. The number of thiophene rings is 1. The minimum absolute atomic E-state index is 0.890. The molecule has 3 heteroatoms. The molecule has 0 unspecified atom stereocenters. The average molecular weight is 670 g/mol. The Kier molecular flexibility index (Phi) is 7.04. The van der Waals surface area contributed by atoms with Crippen LogP contribution in [0, 0.1) is 0 Å². The minimum atomic E-state index is 0.890. The molecule has 0 saturated heterocycles. The van der Waals surface area contributed by atoms with Gasteiger partial charge in [-0.15, -0.1) is 11.3 Å². The van der Waals surface area contributed by atoms with Gasteiger partial charge in [0.2, 0.25) is 0 Å². The Morgan fingerprint density at radius 1 is 0.314 bits per heavy atom. The van der Waals surface area contributed by atoms with Crippen LogP contribution in [0.1, 0.15) is 0 Å². The Morgan fingerprint density at radius 2 is 0.804 bits per heavy atom. The first-order chi connectivity index (χ1) is 25.2. The Balaban J connectivity index is 1.04. The molecule has 2 nitrogen and oxygen atoms in total. The van der Waals surface area contributed by atoms with Crippen LogP contribution in [0.5, 0.6) is 0 Å². The first-order valence-corrected chi connectivity index (χ1v) is 18.1. The average Bonchev–Trinajstić information content (AvgIpc) is 3.77. The van der Waals surface area contributed by atoms with Gasteiger partial charge in [-0.25, -0.2) is 0 Å². The van der Waals surface area contributed by atoms with Crippen LogP contribution >= 0.6 is 11.3 Å². The largest absolute Gasteiger partial charge is 0.456 e. The second-order valence-corrected chi connectivity index (χ2v) is 14.0. The summed E-state index contributed by atoms with van der Waals surface area (Å²) in [6.07, 6.45) is 0. The molecule has 10 aromatic rings. The molecule has 0 amide bonds. The monoisotopic (exact) mass is 669 g/mol. The van der Waals surface area contributed by atoms with Gasteiger partial charge in [0, 0.05) is 48.0 Å². The zero-order valence-corrected chi connectivity index (χ0v) is 28.5. The van der Waals surface area contributed by atoms with E-state index in [1.807, 2.05) is 23.5 Å². The molecule has 0 fully saturated rings. The summed E-state index contributed by atoms with van der Waals surface area (Å²) in [6.45, 7) is 0. The fourth-order valence-corrected chi connectivity index (χ4v) is 8.38. The molecule has 0 spiro atoms. The number of nitrogens with zero attached hydrogens (tertiary/aromatic N) is 1. The van der Waals surface area contributed by atoms with Crippen LogP contribution in [-0.2, 0) is 0 Å². The number of benzene rings is 8. The summed E-state index contributed by atoms with van der Waals surface area (Å²) >= 11 is 1.85. The van der Waals surface area contributed by atoms with Crippen LogP contribution in [0.3, 0.4) is 0 Å². The fourth-order valence-electron chi connectivity index (χ4n) is 7.30. The third-order valence-corrected chi connectivity index (χ3v) is 11.1. The summed E-state index contributed by atoms with van der Waals surface area (Å²) in [4.78, 5) is 2.34. The van der Waals surface area contributed by atoms with Crippen LogP contribution in [0.4, 0.5) is 17.1 Å². The zero-order chi connectivity index (χ0) is 33.7. The topological polar surface area (TPSA) is 16.4 Å². The molecule has 240 valence electrons. The SMILES string of the molecule is c1ccc(-c2ccc(-c3ccc(N(c4ccc(-c5ccc6sc7ccccc7c6c5)cc4)c4ccc5oc6ccccc6c5c4)cc3)cc2)cc1. The Morgan fingerprint density at radius 3 is 1.51 bits per heavy atom. The summed E-state index contributed by atoms with van der Waals surface area (Å²) in [6, 6.07) is 67.5. The van der Waals surface area contributed by atoms with E-state index in [0.29, 0.717) is 0 Å². The van der Waals surface area contributed by atoms with Crippen molar-refractivity contribution in [3.05, 3.63) is 188 Å². The van der Waals surface area contributed by atoms with Gasteiger partial charge in [-0.3, -0.25) is 0 Å². The van der Waals surface area contributed by atoms with Gasteiger partial charge >= 0.3 is 0 Å². The van der Waals surface area contributed by atoms with E-state index in [-0.39, 0.29) is 0 Å². The number of para-hydroxylation sites is 1.